The standard InChI is InChI=1S/C17H12ClFN2O3/c1-10(16(22)21-12-5-2-4-11(8-12)9-20)24-17(23)15-13(18)6-3-7-14(15)19/h2-8,10H,1H3,(H,21,22)/t10-/m0/s1. The Morgan fingerprint density at radius 1 is 1.29 bits per heavy atom. The van der Waals surface area contributed by atoms with Crippen LogP contribution in [0.4, 0.5) is 10.1 Å². The molecule has 2 aromatic carbocycles. The molecule has 0 heterocycles. The van der Waals surface area contributed by atoms with Crippen LogP contribution in [0.15, 0.2) is 42.5 Å². The third kappa shape index (κ3) is 4.09. The van der Waals surface area contributed by atoms with Crippen molar-refractivity contribution in [1.82, 2.24) is 0 Å². The molecule has 0 aliphatic heterocycles. The van der Waals surface area contributed by atoms with Gasteiger partial charge < -0.3 is 10.1 Å². The molecule has 0 fully saturated rings. The van der Waals surface area contributed by atoms with Gasteiger partial charge in [0.2, 0.25) is 0 Å². The second-order valence-corrected chi connectivity index (χ2v) is 5.23. The molecule has 1 N–H and O–H groups in total. The fourth-order valence-corrected chi connectivity index (χ4v) is 2.12. The molecule has 0 aromatic heterocycles. The number of nitriles is 1. The van der Waals surface area contributed by atoms with E-state index in [-0.39, 0.29) is 5.02 Å². The summed E-state index contributed by atoms with van der Waals surface area (Å²) in [6, 6.07) is 12.0. The second kappa shape index (κ2) is 7.57. The predicted molar refractivity (Wildman–Crippen MR) is 86.1 cm³/mol. The van der Waals surface area contributed by atoms with E-state index in [9.17, 15) is 14.0 Å². The largest absolute Gasteiger partial charge is 0.449 e. The van der Waals surface area contributed by atoms with Crippen LogP contribution in [0.25, 0.3) is 0 Å². The van der Waals surface area contributed by atoms with Gasteiger partial charge >= 0.3 is 5.97 Å². The second-order valence-electron chi connectivity index (χ2n) is 4.83. The molecular formula is C17H12ClFN2O3. The Labute approximate surface area is 142 Å². The van der Waals surface area contributed by atoms with Crippen LogP contribution >= 0.6 is 11.6 Å². The molecule has 0 radical (unpaired) electrons. The van der Waals surface area contributed by atoms with E-state index >= 15 is 0 Å². The zero-order valence-corrected chi connectivity index (χ0v) is 13.3. The summed E-state index contributed by atoms with van der Waals surface area (Å²) in [4.78, 5) is 24.0. The van der Waals surface area contributed by atoms with E-state index in [1.165, 1.54) is 25.1 Å². The van der Waals surface area contributed by atoms with Crippen molar-refractivity contribution in [3.63, 3.8) is 0 Å². The maximum Gasteiger partial charge on any atom is 0.343 e. The molecule has 7 heteroatoms. The van der Waals surface area contributed by atoms with Crippen molar-refractivity contribution in [1.29, 1.82) is 5.26 Å². The fourth-order valence-electron chi connectivity index (χ4n) is 1.88. The topological polar surface area (TPSA) is 79.2 Å². The predicted octanol–water partition coefficient (Wildman–Crippen LogP) is 3.53. The summed E-state index contributed by atoms with van der Waals surface area (Å²) in [5, 5.41) is 11.2. The average molecular weight is 347 g/mol. The number of ether oxygens (including phenoxy) is 1. The van der Waals surface area contributed by atoms with Gasteiger partial charge in [-0.05, 0) is 37.3 Å². The lowest BCUT2D eigenvalue weighted by molar-refractivity contribution is -0.123. The quantitative estimate of drug-likeness (QED) is 0.859. The van der Waals surface area contributed by atoms with E-state index in [0.717, 1.165) is 6.07 Å². The van der Waals surface area contributed by atoms with Crippen LogP contribution in [0.5, 0.6) is 0 Å². The SMILES string of the molecule is C[C@H](OC(=O)c1c(F)cccc1Cl)C(=O)Nc1cccc(C#N)c1. The van der Waals surface area contributed by atoms with Crippen LogP contribution in [-0.4, -0.2) is 18.0 Å². The van der Waals surface area contributed by atoms with Gasteiger partial charge in [0, 0.05) is 5.69 Å². The summed E-state index contributed by atoms with van der Waals surface area (Å²) >= 11 is 5.78. The highest BCUT2D eigenvalue weighted by atomic mass is 35.5. The minimum atomic E-state index is -1.18. The van der Waals surface area contributed by atoms with Crippen LogP contribution in [0.3, 0.4) is 0 Å². The maximum absolute atomic E-state index is 13.7. The fraction of sp³-hybridized carbons (Fsp3) is 0.118. The summed E-state index contributed by atoms with van der Waals surface area (Å²) in [5.41, 5.74) is 0.326. The minimum Gasteiger partial charge on any atom is -0.449 e. The minimum absolute atomic E-state index is 0.102. The van der Waals surface area contributed by atoms with Gasteiger partial charge in [0.25, 0.3) is 5.91 Å². The zero-order valence-electron chi connectivity index (χ0n) is 12.5. The van der Waals surface area contributed by atoms with E-state index in [2.05, 4.69) is 5.32 Å². The molecular weight excluding hydrogens is 335 g/mol. The molecule has 2 aromatic rings. The van der Waals surface area contributed by atoms with Gasteiger partial charge in [-0.15, -0.1) is 0 Å². The normalized spacial score (nSPS) is 11.2. The summed E-state index contributed by atoms with van der Waals surface area (Å²) < 4.78 is 18.6. The van der Waals surface area contributed by atoms with Crippen molar-refractivity contribution in [2.75, 3.05) is 5.32 Å². The first-order chi connectivity index (χ1) is 11.4. The highest BCUT2D eigenvalue weighted by molar-refractivity contribution is 6.33. The van der Waals surface area contributed by atoms with Crippen molar-refractivity contribution in [2.45, 2.75) is 13.0 Å². The highest BCUT2D eigenvalue weighted by Crippen LogP contribution is 2.20. The van der Waals surface area contributed by atoms with Gasteiger partial charge in [0.15, 0.2) is 6.10 Å². The van der Waals surface area contributed by atoms with Gasteiger partial charge in [-0.25, -0.2) is 9.18 Å². The van der Waals surface area contributed by atoms with Crippen molar-refractivity contribution in [3.05, 3.63) is 64.4 Å². The van der Waals surface area contributed by atoms with Crippen LogP contribution in [0.2, 0.25) is 5.02 Å². The smallest absolute Gasteiger partial charge is 0.343 e. The van der Waals surface area contributed by atoms with Gasteiger partial charge in [0.1, 0.15) is 11.4 Å². The molecule has 0 aliphatic carbocycles. The Balaban J connectivity index is 2.06. The summed E-state index contributed by atoms with van der Waals surface area (Å²) in [5.74, 6) is -2.49. The Kier molecular flexibility index (Phi) is 5.51. The molecule has 2 rings (SSSR count). The molecule has 0 spiro atoms. The summed E-state index contributed by atoms with van der Waals surface area (Å²) in [6.45, 7) is 1.34. The van der Waals surface area contributed by atoms with Crippen molar-refractivity contribution < 1.29 is 18.7 Å². The first kappa shape index (κ1) is 17.4. The van der Waals surface area contributed by atoms with Gasteiger partial charge in [-0.2, -0.15) is 5.26 Å². The van der Waals surface area contributed by atoms with Crippen LogP contribution in [0, 0.1) is 17.1 Å². The number of carbonyl (C=O) groups is 2. The van der Waals surface area contributed by atoms with Crippen LogP contribution in [0.1, 0.15) is 22.8 Å². The van der Waals surface area contributed by atoms with Gasteiger partial charge in [-0.3, -0.25) is 4.79 Å². The number of halogens is 2. The van der Waals surface area contributed by atoms with Crippen molar-refractivity contribution in [3.8, 4) is 6.07 Å². The molecule has 0 bridgehead atoms. The molecule has 0 aliphatic rings. The van der Waals surface area contributed by atoms with Gasteiger partial charge in [0.05, 0.1) is 16.7 Å². The van der Waals surface area contributed by atoms with Crippen LogP contribution in [-0.2, 0) is 9.53 Å². The lowest BCUT2D eigenvalue weighted by atomic mass is 10.2. The Hall–Kier alpha value is -2.91. The Bertz CT molecular complexity index is 813. The van der Waals surface area contributed by atoms with Crippen molar-refractivity contribution >= 4 is 29.2 Å². The number of esters is 1. The first-order valence-electron chi connectivity index (χ1n) is 6.88. The molecule has 1 amide bonds. The number of carbonyl (C=O) groups excluding carboxylic acids is 2. The third-order valence-corrected chi connectivity index (χ3v) is 3.39. The molecule has 1 atom stereocenters. The van der Waals surface area contributed by atoms with Crippen molar-refractivity contribution in [2.24, 2.45) is 0 Å². The maximum atomic E-state index is 13.7. The number of amides is 1. The number of hydrogen-bond acceptors (Lipinski definition) is 4. The van der Waals surface area contributed by atoms with E-state index in [0.29, 0.717) is 11.3 Å². The molecule has 0 unspecified atom stereocenters. The van der Waals surface area contributed by atoms with E-state index < -0.39 is 29.4 Å². The van der Waals surface area contributed by atoms with Gasteiger partial charge in [-0.1, -0.05) is 23.7 Å². The number of nitrogens with one attached hydrogen (secondary N) is 1. The zero-order chi connectivity index (χ0) is 17.7. The van der Waals surface area contributed by atoms with E-state index in [1.807, 2.05) is 6.07 Å². The molecule has 5 nitrogen and oxygen atoms in total. The summed E-state index contributed by atoms with van der Waals surface area (Å²) in [6.07, 6.45) is -1.18. The average Bonchev–Trinajstić information content (AvgIpc) is 2.54. The Morgan fingerprint density at radius 2 is 2.00 bits per heavy atom. The lowest BCUT2D eigenvalue weighted by Crippen LogP contribution is -2.30. The lowest BCUT2D eigenvalue weighted by Gasteiger charge is -2.14. The van der Waals surface area contributed by atoms with Crippen LogP contribution < -0.4 is 5.32 Å². The molecule has 0 saturated heterocycles. The highest BCUT2D eigenvalue weighted by Gasteiger charge is 2.23. The third-order valence-electron chi connectivity index (χ3n) is 3.08. The first-order valence-corrected chi connectivity index (χ1v) is 7.26. The molecule has 0 saturated carbocycles. The van der Waals surface area contributed by atoms with E-state index in [4.69, 9.17) is 21.6 Å². The number of anilines is 1. The van der Waals surface area contributed by atoms with E-state index in [1.54, 1.807) is 18.2 Å². The number of nitrogens with zero attached hydrogens (tertiary/aromatic N) is 1. The number of benzene rings is 2. The summed E-state index contributed by atoms with van der Waals surface area (Å²) in [7, 11) is 0. The molecule has 24 heavy (non-hydrogen) atoms. The monoisotopic (exact) mass is 346 g/mol. The molecule has 122 valence electrons. The number of hydrogen-bond donors (Lipinski definition) is 1. The number of rotatable bonds is 4. The Morgan fingerprint density at radius 3 is 2.67 bits per heavy atom.